The number of aromatic nitrogens is 4. The summed E-state index contributed by atoms with van der Waals surface area (Å²) >= 11 is 0. The van der Waals surface area contributed by atoms with Crippen LogP contribution in [0.25, 0.3) is 11.3 Å². The van der Waals surface area contributed by atoms with Crippen molar-refractivity contribution in [2.24, 2.45) is 0 Å². The normalized spacial score (nSPS) is 12.8. The topological polar surface area (TPSA) is 98.8 Å². The highest BCUT2D eigenvalue weighted by molar-refractivity contribution is 5.71. The molecule has 2 aromatic heterocycles. The summed E-state index contributed by atoms with van der Waals surface area (Å²) in [6, 6.07) is 12.3. The van der Waals surface area contributed by atoms with Gasteiger partial charge in [-0.25, -0.2) is 4.98 Å². The molecule has 0 amide bonds. The Morgan fingerprint density at radius 2 is 2.00 bits per heavy atom. The first-order chi connectivity index (χ1) is 12.7. The molecular formula is C18H18N6O2. The summed E-state index contributed by atoms with van der Waals surface area (Å²) in [4.78, 5) is 15.4. The Bertz CT molecular complexity index is 938. The highest BCUT2D eigenvalue weighted by atomic mass is 16.6. The monoisotopic (exact) mass is 350 g/mol. The molecule has 0 fully saturated rings. The van der Waals surface area contributed by atoms with E-state index in [2.05, 4.69) is 25.1 Å². The van der Waals surface area contributed by atoms with E-state index in [-0.39, 0.29) is 5.69 Å². The molecule has 8 heteroatoms. The van der Waals surface area contributed by atoms with E-state index in [1.165, 1.54) is 6.07 Å². The zero-order chi connectivity index (χ0) is 17.9. The van der Waals surface area contributed by atoms with Crippen molar-refractivity contribution in [1.29, 1.82) is 0 Å². The maximum Gasteiger partial charge on any atom is 0.295 e. The summed E-state index contributed by atoms with van der Waals surface area (Å²) in [5, 5.41) is 23.0. The highest BCUT2D eigenvalue weighted by Gasteiger charge is 2.19. The quantitative estimate of drug-likeness (QED) is 0.542. The number of benzene rings is 1. The van der Waals surface area contributed by atoms with Crippen molar-refractivity contribution in [3.05, 3.63) is 64.2 Å². The molecule has 0 spiro atoms. The molecule has 0 atom stereocenters. The Hall–Kier alpha value is -3.29. The lowest BCUT2D eigenvalue weighted by atomic mass is 10.1. The number of aryl methyl sites for hydroxylation is 1. The van der Waals surface area contributed by atoms with E-state index in [4.69, 9.17) is 0 Å². The molecule has 3 aromatic rings. The van der Waals surface area contributed by atoms with Gasteiger partial charge in [0.2, 0.25) is 0 Å². The molecule has 0 aliphatic carbocycles. The summed E-state index contributed by atoms with van der Waals surface area (Å²) in [6.45, 7) is 1.61. The van der Waals surface area contributed by atoms with Gasteiger partial charge in [-0.3, -0.25) is 10.1 Å². The van der Waals surface area contributed by atoms with Crippen molar-refractivity contribution >= 4 is 11.5 Å². The number of rotatable bonds is 6. The second kappa shape index (κ2) is 6.91. The van der Waals surface area contributed by atoms with E-state index in [1.54, 1.807) is 6.07 Å². The van der Waals surface area contributed by atoms with Gasteiger partial charge in [-0.05, 0) is 12.5 Å². The Morgan fingerprint density at radius 1 is 1.15 bits per heavy atom. The molecule has 1 aromatic carbocycles. The van der Waals surface area contributed by atoms with Crippen LogP contribution in [0.3, 0.4) is 0 Å². The minimum absolute atomic E-state index is 0.00275. The lowest BCUT2D eigenvalue weighted by Crippen LogP contribution is -2.11. The largest absolute Gasteiger partial charge is 0.370 e. The van der Waals surface area contributed by atoms with Gasteiger partial charge in [0.15, 0.2) is 5.69 Å². The van der Waals surface area contributed by atoms with Crippen LogP contribution in [0.15, 0.2) is 42.5 Å². The van der Waals surface area contributed by atoms with E-state index in [9.17, 15) is 10.1 Å². The van der Waals surface area contributed by atoms with Gasteiger partial charge in [-0.1, -0.05) is 30.3 Å². The molecule has 0 radical (unpaired) electrons. The minimum Gasteiger partial charge on any atom is -0.370 e. The van der Waals surface area contributed by atoms with Gasteiger partial charge in [-0.2, -0.15) is 0 Å². The van der Waals surface area contributed by atoms with E-state index in [1.807, 2.05) is 30.3 Å². The van der Waals surface area contributed by atoms with Gasteiger partial charge in [0, 0.05) is 37.6 Å². The average molecular weight is 350 g/mol. The van der Waals surface area contributed by atoms with Crippen molar-refractivity contribution in [3.63, 3.8) is 0 Å². The van der Waals surface area contributed by atoms with Crippen molar-refractivity contribution in [3.8, 4) is 11.3 Å². The van der Waals surface area contributed by atoms with Gasteiger partial charge in [-0.15, -0.1) is 10.2 Å². The van der Waals surface area contributed by atoms with E-state index in [0.29, 0.717) is 18.1 Å². The van der Waals surface area contributed by atoms with Crippen LogP contribution in [-0.2, 0) is 19.4 Å². The molecule has 132 valence electrons. The maximum absolute atomic E-state index is 11.3. The van der Waals surface area contributed by atoms with Crippen LogP contribution >= 0.6 is 0 Å². The van der Waals surface area contributed by atoms with Crippen LogP contribution in [0.1, 0.15) is 18.1 Å². The fourth-order valence-electron chi connectivity index (χ4n) is 3.20. The summed E-state index contributed by atoms with van der Waals surface area (Å²) in [6.07, 6.45) is 2.84. The predicted molar refractivity (Wildman–Crippen MR) is 96.9 cm³/mol. The van der Waals surface area contributed by atoms with Crippen molar-refractivity contribution in [2.45, 2.75) is 25.8 Å². The minimum atomic E-state index is -0.404. The Kier molecular flexibility index (Phi) is 4.30. The summed E-state index contributed by atoms with van der Waals surface area (Å²) in [7, 11) is 0. The summed E-state index contributed by atoms with van der Waals surface area (Å²) in [5.74, 6) is 2.63. The van der Waals surface area contributed by atoms with Crippen molar-refractivity contribution in [1.82, 2.24) is 19.7 Å². The van der Waals surface area contributed by atoms with Crippen LogP contribution in [0.2, 0.25) is 0 Å². The summed E-state index contributed by atoms with van der Waals surface area (Å²) in [5.41, 5.74) is 1.08. The Labute approximate surface area is 150 Å². The second-order valence-corrected chi connectivity index (χ2v) is 6.15. The van der Waals surface area contributed by atoms with Crippen LogP contribution in [0.4, 0.5) is 11.5 Å². The molecule has 8 nitrogen and oxygen atoms in total. The summed E-state index contributed by atoms with van der Waals surface area (Å²) < 4.78 is 2.17. The number of pyridine rings is 1. The average Bonchev–Trinajstić information content (AvgIpc) is 3.27. The number of nitro groups is 1. The molecule has 0 saturated heterocycles. The molecule has 3 heterocycles. The molecule has 1 aliphatic heterocycles. The predicted octanol–water partition coefficient (Wildman–Crippen LogP) is 2.85. The standard InChI is InChI=1S/C18H18N6O2/c25-24(26)14-8-9-15(20-18(14)13-5-2-1-3-6-13)19-11-10-17-22-21-16-7-4-12-23(16)17/h1-3,5-6,8-9H,4,7,10-12H2,(H,19,20). The van der Waals surface area contributed by atoms with Gasteiger partial charge in [0.25, 0.3) is 5.69 Å². The zero-order valence-corrected chi connectivity index (χ0v) is 14.1. The number of nitrogens with zero attached hydrogens (tertiary/aromatic N) is 5. The van der Waals surface area contributed by atoms with Crippen LogP contribution in [-0.4, -0.2) is 31.2 Å². The number of nitrogens with one attached hydrogen (secondary N) is 1. The molecule has 0 bridgehead atoms. The molecule has 1 N–H and O–H groups in total. The molecule has 0 unspecified atom stereocenters. The fraction of sp³-hybridized carbons (Fsp3) is 0.278. The highest BCUT2D eigenvalue weighted by Crippen LogP contribution is 2.29. The Morgan fingerprint density at radius 3 is 2.81 bits per heavy atom. The van der Waals surface area contributed by atoms with Crippen LogP contribution < -0.4 is 5.32 Å². The molecular weight excluding hydrogens is 332 g/mol. The third kappa shape index (κ3) is 3.13. The van der Waals surface area contributed by atoms with Gasteiger partial charge < -0.3 is 9.88 Å². The lowest BCUT2D eigenvalue weighted by molar-refractivity contribution is -0.384. The van der Waals surface area contributed by atoms with Crippen LogP contribution in [0.5, 0.6) is 0 Å². The van der Waals surface area contributed by atoms with Gasteiger partial charge in [0.1, 0.15) is 17.5 Å². The maximum atomic E-state index is 11.3. The van der Waals surface area contributed by atoms with Gasteiger partial charge >= 0.3 is 0 Å². The van der Waals surface area contributed by atoms with E-state index in [0.717, 1.165) is 43.0 Å². The third-order valence-electron chi connectivity index (χ3n) is 4.46. The van der Waals surface area contributed by atoms with E-state index < -0.39 is 4.92 Å². The lowest BCUT2D eigenvalue weighted by Gasteiger charge is -2.08. The van der Waals surface area contributed by atoms with Gasteiger partial charge in [0.05, 0.1) is 4.92 Å². The van der Waals surface area contributed by atoms with Crippen LogP contribution in [0, 0.1) is 10.1 Å². The van der Waals surface area contributed by atoms with E-state index >= 15 is 0 Å². The molecule has 1 aliphatic rings. The molecule has 26 heavy (non-hydrogen) atoms. The molecule has 0 saturated carbocycles. The fourth-order valence-corrected chi connectivity index (χ4v) is 3.20. The molecule has 4 rings (SSSR count). The number of fused-ring (bicyclic) bond motifs is 1. The zero-order valence-electron chi connectivity index (χ0n) is 14.1. The second-order valence-electron chi connectivity index (χ2n) is 6.15. The first-order valence-electron chi connectivity index (χ1n) is 8.58. The smallest absolute Gasteiger partial charge is 0.295 e. The number of hydrogen-bond acceptors (Lipinski definition) is 6. The number of anilines is 1. The third-order valence-corrected chi connectivity index (χ3v) is 4.46. The van der Waals surface area contributed by atoms with Crippen molar-refractivity contribution < 1.29 is 4.92 Å². The SMILES string of the molecule is O=[N+]([O-])c1ccc(NCCc2nnc3n2CCC3)nc1-c1ccccc1. The Balaban J connectivity index is 1.51. The van der Waals surface area contributed by atoms with Crippen molar-refractivity contribution in [2.75, 3.05) is 11.9 Å². The first-order valence-corrected chi connectivity index (χ1v) is 8.58. The first kappa shape index (κ1) is 16.2. The number of hydrogen-bond donors (Lipinski definition) is 1.